The monoisotopic (exact) mass is 850 g/mol. The fourth-order valence-electron chi connectivity index (χ4n) is 9.46. The highest BCUT2D eigenvalue weighted by molar-refractivity contribution is 7.26. The van der Waals surface area contributed by atoms with E-state index < -0.39 is 0 Å². The van der Waals surface area contributed by atoms with Crippen molar-refractivity contribution in [3.8, 4) is 67.3 Å². The Balaban J connectivity index is 0.920. The number of rotatable bonds is 6. The molecule has 0 aliphatic heterocycles. The Labute approximate surface area is 377 Å². The first-order valence-corrected chi connectivity index (χ1v) is 22.5. The molecule has 13 aromatic rings. The SMILES string of the molecule is Fc1ccc(-c2ccc3oc4cccc(-c5cc(-c6ccc7ccccc7c6)nc(-c6cccc(-c7ccc(-c8cccc9c8sc8cc%10ccccc%10cc89)cc7)c6)n5)c4c3c2)cc1. The first-order chi connectivity index (χ1) is 32.1. The van der Waals surface area contributed by atoms with Crippen molar-refractivity contribution in [2.75, 3.05) is 0 Å². The van der Waals surface area contributed by atoms with Crippen molar-refractivity contribution >= 4 is 75.0 Å². The van der Waals surface area contributed by atoms with Gasteiger partial charge in [-0.15, -0.1) is 11.3 Å². The summed E-state index contributed by atoms with van der Waals surface area (Å²) in [7, 11) is 0. The van der Waals surface area contributed by atoms with Gasteiger partial charge in [0.25, 0.3) is 0 Å². The molecule has 0 atom stereocenters. The third-order valence-corrected chi connectivity index (χ3v) is 13.9. The lowest BCUT2D eigenvalue weighted by molar-refractivity contribution is 0.628. The fraction of sp³-hybridized carbons (Fsp3) is 0. The van der Waals surface area contributed by atoms with Crippen molar-refractivity contribution in [2.24, 2.45) is 0 Å². The van der Waals surface area contributed by atoms with Crippen LogP contribution in [0, 0.1) is 5.82 Å². The van der Waals surface area contributed by atoms with Crippen molar-refractivity contribution < 1.29 is 8.81 Å². The maximum atomic E-state index is 13.9. The molecule has 0 unspecified atom stereocenters. The number of hydrogen-bond donors (Lipinski definition) is 0. The first-order valence-electron chi connectivity index (χ1n) is 21.7. The Morgan fingerprint density at radius 3 is 1.83 bits per heavy atom. The number of nitrogens with zero attached hydrogens (tertiary/aromatic N) is 2. The Morgan fingerprint density at radius 2 is 1.00 bits per heavy atom. The van der Waals surface area contributed by atoms with Crippen LogP contribution in [0.3, 0.4) is 0 Å². The van der Waals surface area contributed by atoms with Gasteiger partial charge in [-0.2, -0.15) is 0 Å². The maximum Gasteiger partial charge on any atom is 0.160 e. The first kappa shape index (κ1) is 37.3. The molecule has 0 saturated heterocycles. The highest BCUT2D eigenvalue weighted by Gasteiger charge is 2.19. The third-order valence-electron chi connectivity index (χ3n) is 12.7. The van der Waals surface area contributed by atoms with Gasteiger partial charge < -0.3 is 4.42 Å². The minimum Gasteiger partial charge on any atom is -0.456 e. The van der Waals surface area contributed by atoms with E-state index in [1.165, 1.54) is 59.6 Å². The molecule has 0 spiro atoms. The van der Waals surface area contributed by atoms with Gasteiger partial charge >= 0.3 is 0 Å². The number of aromatic nitrogens is 2. The van der Waals surface area contributed by atoms with Crippen molar-refractivity contribution in [3.05, 3.63) is 218 Å². The minimum atomic E-state index is -0.262. The van der Waals surface area contributed by atoms with Crippen LogP contribution in [0.1, 0.15) is 0 Å². The summed E-state index contributed by atoms with van der Waals surface area (Å²) in [6.45, 7) is 0. The van der Waals surface area contributed by atoms with Crippen LogP contribution in [0.15, 0.2) is 217 Å². The number of halogens is 1. The second-order valence-electron chi connectivity index (χ2n) is 16.7. The Hall–Kier alpha value is -8.25. The molecule has 0 radical (unpaired) electrons. The van der Waals surface area contributed by atoms with Crippen LogP contribution >= 0.6 is 11.3 Å². The summed E-state index contributed by atoms with van der Waals surface area (Å²) in [6.07, 6.45) is 0. The van der Waals surface area contributed by atoms with E-state index in [9.17, 15) is 4.39 Å². The molecule has 0 aliphatic carbocycles. The van der Waals surface area contributed by atoms with Crippen molar-refractivity contribution in [2.45, 2.75) is 0 Å². The lowest BCUT2D eigenvalue weighted by Crippen LogP contribution is -1.96. The van der Waals surface area contributed by atoms with Crippen LogP contribution in [-0.2, 0) is 0 Å². The molecular formula is C60H35FN2OS. The molecule has 3 heterocycles. The quantitative estimate of drug-likeness (QED) is 0.167. The number of thiophene rings is 1. The van der Waals surface area contributed by atoms with Crippen molar-refractivity contribution in [3.63, 3.8) is 0 Å². The highest BCUT2D eigenvalue weighted by Crippen LogP contribution is 2.43. The Kier molecular flexibility index (Phi) is 8.58. The number of benzene rings is 10. The summed E-state index contributed by atoms with van der Waals surface area (Å²) >= 11 is 1.87. The average Bonchev–Trinajstić information content (AvgIpc) is 3.93. The lowest BCUT2D eigenvalue weighted by atomic mass is 9.97. The van der Waals surface area contributed by atoms with Crippen LogP contribution in [0.4, 0.5) is 4.39 Å². The van der Waals surface area contributed by atoms with E-state index >= 15 is 0 Å². The van der Waals surface area contributed by atoms with E-state index in [1.807, 2.05) is 47.7 Å². The second kappa shape index (κ2) is 14.9. The minimum absolute atomic E-state index is 0.262. The van der Waals surface area contributed by atoms with Gasteiger partial charge in [-0.25, -0.2) is 14.4 Å². The third kappa shape index (κ3) is 6.47. The van der Waals surface area contributed by atoms with Crippen LogP contribution in [0.5, 0.6) is 0 Å². The molecular weight excluding hydrogens is 816 g/mol. The molecule has 13 rings (SSSR count). The molecule has 0 bridgehead atoms. The second-order valence-corrected chi connectivity index (χ2v) is 17.7. The van der Waals surface area contributed by atoms with Gasteiger partial charge in [0, 0.05) is 47.6 Å². The summed E-state index contributed by atoms with van der Waals surface area (Å²) in [4.78, 5) is 10.6. The zero-order valence-corrected chi connectivity index (χ0v) is 35.6. The van der Waals surface area contributed by atoms with Gasteiger partial charge in [0.1, 0.15) is 17.0 Å². The van der Waals surface area contributed by atoms with Crippen LogP contribution < -0.4 is 0 Å². The fourth-order valence-corrected chi connectivity index (χ4v) is 10.7. The highest BCUT2D eigenvalue weighted by atomic mass is 32.1. The summed E-state index contributed by atoms with van der Waals surface area (Å²) in [5.41, 5.74) is 12.6. The van der Waals surface area contributed by atoms with Gasteiger partial charge in [-0.3, -0.25) is 0 Å². The van der Waals surface area contributed by atoms with E-state index in [-0.39, 0.29) is 5.82 Å². The summed E-state index contributed by atoms with van der Waals surface area (Å²) in [5, 5.41) is 9.38. The van der Waals surface area contributed by atoms with Gasteiger partial charge in [-0.1, -0.05) is 152 Å². The predicted molar refractivity (Wildman–Crippen MR) is 270 cm³/mol. The Morgan fingerprint density at radius 1 is 0.369 bits per heavy atom. The standard InChI is InChI=1S/C60H35FN2OS/c61-47-27-24-38(25-28-47)44-26-29-55-52(33-44)58-50(16-7-17-56(58)64-55)54-35-53(45-23-20-36-8-1-2-9-40(36)30-45)62-60(63-54)46-13-5-12-41(31-46)37-18-21-39(22-19-37)48-14-6-15-49-51-32-42-10-3-4-11-43(42)34-57(51)65-59(48)49/h1-35H. The van der Waals surface area contributed by atoms with Gasteiger partial charge in [0.2, 0.25) is 0 Å². The van der Waals surface area contributed by atoms with Crippen molar-refractivity contribution in [1.82, 2.24) is 9.97 Å². The molecule has 0 saturated carbocycles. The average molecular weight is 851 g/mol. The van der Waals surface area contributed by atoms with Crippen LogP contribution in [-0.4, -0.2) is 9.97 Å². The summed E-state index contributed by atoms with van der Waals surface area (Å²) < 4.78 is 23.0. The van der Waals surface area contributed by atoms with E-state index in [2.05, 4.69) is 164 Å². The maximum absolute atomic E-state index is 13.9. The summed E-state index contributed by atoms with van der Waals surface area (Å²) in [5.74, 6) is 0.368. The zero-order chi connectivity index (χ0) is 43.0. The van der Waals surface area contributed by atoms with E-state index in [1.54, 1.807) is 0 Å². The van der Waals surface area contributed by atoms with Crippen LogP contribution in [0.25, 0.3) is 131 Å². The smallest absolute Gasteiger partial charge is 0.160 e. The molecule has 3 nitrogen and oxygen atoms in total. The normalized spacial score (nSPS) is 11.8. The predicted octanol–water partition coefficient (Wildman–Crippen LogP) is 17.2. The molecule has 0 amide bonds. The van der Waals surface area contributed by atoms with Crippen molar-refractivity contribution in [1.29, 1.82) is 0 Å². The number of hydrogen-bond acceptors (Lipinski definition) is 4. The zero-order valence-electron chi connectivity index (χ0n) is 34.8. The topological polar surface area (TPSA) is 38.9 Å². The van der Waals surface area contributed by atoms with Crippen LogP contribution in [0.2, 0.25) is 0 Å². The lowest BCUT2D eigenvalue weighted by Gasteiger charge is -2.12. The molecule has 10 aromatic carbocycles. The van der Waals surface area contributed by atoms with Gasteiger partial charge in [-0.05, 0) is 116 Å². The molecule has 0 N–H and O–H groups in total. The molecule has 0 fully saturated rings. The Bertz CT molecular complexity index is 4020. The number of furan rings is 1. The molecule has 5 heteroatoms. The molecule has 0 aliphatic rings. The van der Waals surface area contributed by atoms with E-state index in [0.717, 1.165) is 77.7 Å². The summed E-state index contributed by atoms with van der Waals surface area (Å²) in [6, 6.07) is 73.2. The molecule has 3 aromatic heterocycles. The van der Waals surface area contributed by atoms with E-state index in [4.69, 9.17) is 14.4 Å². The molecule has 65 heavy (non-hydrogen) atoms. The van der Waals surface area contributed by atoms with Gasteiger partial charge in [0.15, 0.2) is 5.82 Å². The largest absolute Gasteiger partial charge is 0.456 e. The molecule has 304 valence electrons. The van der Waals surface area contributed by atoms with E-state index in [0.29, 0.717) is 5.82 Å². The van der Waals surface area contributed by atoms with Gasteiger partial charge in [0.05, 0.1) is 11.4 Å². The number of fused-ring (bicyclic) bond motifs is 8.